The molecule has 0 atom stereocenters. The molecule has 0 amide bonds. The Morgan fingerprint density at radius 1 is 1.43 bits per heavy atom. The van der Waals surface area contributed by atoms with E-state index in [0.717, 1.165) is 12.1 Å². The molecule has 1 aromatic rings. The Morgan fingerprint density at radius 3 is 2.36 bits per heavy atom. The normalized spacial score (nSPS) is 12.4. The lowest BCUT2D eigenvalue weighted by Crippen LogP contribution is -2.32. The molecule has 0 unspecified atom stereocenters. The predicted octanol–water partition coefficient (Wildman–Crippen LogP) is 2.13. The summed E-state index contributed by atoms with van der Waals surface area (Å²) >= 11 is 0. The number of H-pyrrole nitrogens is 1. The maximum absolute atomic E-state index is 11.6. The minimum Gasteiger partial charge on any atom is -0.299 e. The largest absolute Gasteiger partial charge is 0.299 e. The van der Waals surface area contributed by atoms with Crippen molar-refractivity contribution in [2.75, 3.05) is 0 Å². The summed E-state index contributed by atoms with van der Waals surface area (Å²) in [6.45, 7) is 10.3. The summed E-state index contributed by atoms with van der Waals surface area (Å²) in [4.78, 5) is 11.6. The molecule has 3 nitrogen and oxygen atoms in total. The molecule has 1 rings (SSSR count). The molecule has 0 radical (unpaired) electrons. The highest BCUT2D eigenvalue weighted by Gasteiger charge is 2.16. The van der Waals surface area contributed by atoms with E-state index in [-0.39, 0.29) is 11.1 Å². The van der Waals surface area contributed by atoms with E-state index in [4.69, 9.17) is 0 Å². The maximum Gasteiger partial charge on any atom is 0.267 e. The molecule has 0 aliphatic carbocycles. The molecule has 0 aliphatic rings. The number of rotatable bonds is 2. The number of hydrogen-bond donors (Lipinski definition) is 1. The molecule has 0 aromatic carbocycles. The fourth-order valence-corrected chi connectivity index (χ4v) is 1.49. The van der Waals surface area contributed by atoms with Gasteiger partial charge in [-0.15, -0.1) is 0 Å². The third-order valence-electron chi connectivity index (χ3n) is 2.07. The first kappa shape index (κ1) is 11.1. The molecule has 3 heteroatoms. The second-order valence-electron chi connectivity index (χ2n) is 5.22. The van der Waals surface area contributed by atoms with Gasteiger partial charge in [0, 0.05) is 11.8 Å². The van der Waals surface area contributed by atoms with Gasteiger partial charge in [0.1, 0.15) is 0 Å². The Hall–Kier alpha value is -0.990. The monoisotopic (exact) mass is 196 g/mol. The van der Waals surface area contributed by atoms with Crippen LogP contribution in [0.3, 0.4) is 0 Å². The van der Waals surface area contributed by atoms with Crippen LogP contribution in [0, 0.1) is 5.92 Å². The summed E-state index contributed by atoms with van der Waals surface area (Å²) in [6, 6.07) is 1.70. The van der Waals surface area contributed by atoms with Crippen molar-refractivity contribution >= 4 is 0 Å². The summed E-state index contributed by atoms with van der Waals surface area (Å²) in [6.07, 6.45) is 0.929. The highest BCUT2D eigenvalue weighted by atomic mass is 16.1. The van der Waals surface area contributed by atoms with E-state index in [0.29, 0.717) is 5.92 Å². The summed E-state index contributed by atoms with van der Waals surface area (Å²) in [7, 11) is 0. The molecule has 80 valence electrons. The zero-order valence-corrected chi connectivity index (χ0v) is 9.72. The number of nitrogens with zero attached hydrogens (tertiary/aromatic N) is 1. The van der Waals surface area contributed by atoms with Gasteiger partial charge in [0.2, 0.25) is 0 Å². The van der Waals surface area contributed by atoms with Crippen LogP contribution < -0.4 is 5.56 Å². The van der Waals surface area contributed by atoms with Crippen molar-refractivity contribution in [3.8, 4) is 0 Å². The first-order valence-electron chi connectivity index (χ1n) is 5.12. The Balaban J connectivity index is 3.00. The van der Waals surface area contributed by atoms with Gasteiger partial charge in [-0.25, -0.2) is 4.68 Å². The van der Waals surface area contributed by atoms with E-state index in [1.54, 1.807) is 10.7 Å². The van der Waals surface area contributed by atoms with Gasteiger partial charge in [-0.05, 0) is 33.1 Å². The molecular weight excluding hydrogens is 176 g/mol. The average Bonchev–Trinajstić information content (AvgIpc) is 2.27. The quantitative estimate of drug-likeness (QED) is 0.773. The smallest absolute Gasteiger partial charge is 0.267 e. The molecule has 0 spiro atoms. The van der Waals surface area contributed by atoms with E-state index < -0.39 is 0 Å². The minimum absolute atomic E-state index is 0.0631. The molecule has 0 fully saturated rings. The van der Waals surface area contributed by atoms with Gasteiger partial charge in [-0.2, -0.15) is 0 Å². The molecule has 0 saturated carbocycles. The molecule has 0 aliphatic heterocycles. The second kappa shape index (κ2) is 3.64. The van der Waals surface area contributed by atoms with Crippen molar-refractivity contribution in [1.82, 2.24) is 9.78 Å². The lowest BCUT2D eigenvalue weighted by molar-refractivity contribution is 0.342. The summed E-state index contributed by atoms with van der Waals surface area (Å²) in [5, 5.41) is 3.16. The van der Waals surface area contributed by atoms with Crippen molar-refractivity contribution in [2.24, 2.45) is 5.92 Å². The van der Waals surface area contributed by atoms with Crippen LogP contribution in [-0.4, -0.2) is 9.78 Å². The topological polar surface area (TPSA) is 37.8 Å². The second-order valence-corrected chi connectivity index (χ2v) is 5.22. The first-order chi connectivity index (χ1) is 6.30. The molecule has 1 N–H and O–H groups in total. The van der Waals surface area contributed by atoms with Crippen molar-refractivity contribution in [2.45, 2.75) is 46.6 Å². The number of hydrogen-bond acceptors (Lipinski definition) is 1. The van der Waals surface area contributed by atoms with Crippen LogP contribution in [0.2, 0.25) is 0 Å². The van der Waals surface area contributed by atoms with E-state index in [1.165, 1.54) is 0 Å². The predicted molar refractivity (Wildman–Crippen MR) is 58.6 cm³/mol. The van der Waals surface area contributed by atoms with Gasteiger partial charge in [-0.1, -0.05) is 13.8 Å². The maximum atomic E-state index is 11.6. The highest BCUT2D eigenvalue weighted by Crippen LogP contribution is 2.11. The molecule has 0 bridgehead atoms. The Bertz CT molecular complexity index is 352. The number of aromatic nitrogens is 2. The van der Waals surface area contributed by atoms with Crippen molar-refractivity contribution in [1.29, 1.82) is 0 Å². The van der Waals surface area contributed by atoms with Crippen LogP contribution in [0.5, 0.6) is 0 Å². The Labute approximate surface area is 85.1 Å². The van der Waals surface area contributed by atoms with E-state index in [9.17, 15) is 4.79 Å². The van der Waals surface area contributed by atoms with Gasteiger partial charge in [0.05, 0.1) is 5.54 Å². The third kappa shape index (κ3) is 2.50. The fourth-order valence-electron chi connectivity index (χ4n) is 1.49. The Kier molecular flexibility index (Phi) is 2.88. The zero-order valence-electron chi connectivity index (χ0n) is 9.72. The SMILES string of the molecule is CC(C)Cc1cc(=O)n(C(C)(C)C)[nH]1. The number of aromatic amines is 1. The average molecular weight is 196 g/mol. The van der Waals surface area contributed by atoms with Gasteiger partial charge < -0.3 is 0 Å². The lowest BCUT2D eigenvalue weighted by Gasteiger charge is -2.19. The number of nitrogens with one attached hydrogen (secondary N) is 1. The molecule has 0 saturated heterocycles. The van der Waals surface area contributed by atoms with E-state index in [2.05, 4.69) is 18.9 Å². The van der Waals surface area contributed by atoms with Crippen molar-refractivity contribution < 1.29 is 0 Å². The lowest BCUT2D eigenvalue weighted by atomic mass is 10.1. The van der Waals surface area contributed by atoms with Crippen LogP contribution in [0.15, 0.2) is 10.9 Å². The molecule has 1 aromatic heterocycles. The van der Waals surface area contributed by atoms with Crippen LogP contribution >= 0.6 is 0 Å². The fraction of sp³-hybridized carbons (Fsp3) is 0.727. The Morgan fingerprint density at radius 2 is 2.00 bits per heavy atom. The van der Waals surface area contributed by atoms with Gasteiger partial charge in [0.25, 0.3) is 5.56 Å². The van der Waals surface area contributed by atoms with Crippen molar-refractivity contribution in [3.05, 3.63) is 22.1 Å². The van der Waals surface area contributed by atoms with Gasteiger partial charge >= 0.3 is 0 Å². The molecular formula is C11H20N2O. The van der Waals surface area contributed by atoms with Crippen LogP contribution in [0.25, 0.3) is 0 Å². The molecule has 14 heavy (non-hydrogen) atoms. The third-order valence-corrected chi connectivity index (χ3v) is 2.07. The van der Waals surface area contributed by atoms with E-state index >= 15 is 0 Å². The summed E-state index contributed by atoms with van der Waals surface area (Å²) < 4.78 is 1.69. The van der Waals surface area contributed by atoms with Gasteiger partial charge in [-0.3, -0.25) is 9.89 Å². The molecule has 1 heterocycles. The van der Waals surface area contributed by atoms with Gasteiger partial charge in [0.15, 0.2) is 0 Å². The highest BCUT2D eigenvalue weighted by molar-refractivity contribution is 5.01. The summed E-state index contributed by atoms with van der Waals surface area (Å²) in [5.41, 5.74) is 0.930. The van der Waals surface area contributed by atoms with E-state index in [1.807, 2.05) is 20.8 Å². The first-order valence-corrected chi connectivity index (χ1v) is 5.12. The zero-order chi connectivity index (χ0) is 10.9. The van der Waals surface area contributed by atoms with Crippen LogP contribution in [0.4, 0.5) is 0 Å². The van der Waals surface area contributed by atoms with Crippen molar-refractivity contribution in [3.63, 3.8) is 0 Å². The standard InChI is InChI=1S/C11H20N2O/c1-8(2)6-9-7-10(14)13(12-9)11(3,4)5/h7-8,12H,6H2,1-5H3. The summed E-state index contributed by atoms with van der Waals surface area (Å²) in [5.74, 6) is 0.571. The van der Waals surface area contributed by atoms with Crippen LogP contribution in [0.1, 0.15) is 40.3 Å². The van der Waals surface area contributed by atoms with Crippen LogP contribution in [-0.2, 0) is 12.0 Å². The minimum atomic E-state index is -0.160.